The highest BCUT2D eigenvalue weighted by molar-refractivity contribution is 7.99. The summed E-state index contributed by atoms with van der Waals surface area (Å²) < 4.78 is 0. The van der Waals surface area contributed by atoms with Crippen LogP contribution in [0.4, 0.5) is 0 Å². The third kappa shape index (κ3) is 3.08. The molecule has 88 valence electrons. The van der Waals surface area contributed by atoms with Crippen LogP contribution in [-0.2, 0) is 0 Å². The Morgan fingerprint density at radius 2 is 1.94 bits per heavy atom. The van der Waals surface area contributed by atoms with E-state index < -0.39 is 6.10 Å². The number of aryl methyl sites for hydroxylation is 1. The Morgan fingerprint density at radius 1 is 1.24 bits per heavy atom. The van der Waals surface area contributed by atoms with E-state index >= 15 is 0 Å². The number of rotatable bonds is 3. The summed E-state index contributed by atoms with van der Waals surface area (Å²) in [6, 6.07) is 12.2. The fraction of sp³-hybridized carbons (Fsp3) is 0.214. The van der Waals surface area contributed by atoms with Crippen molar-refractivity contribution < 1.29 is 5.11 Å². The monoisotopic (exact) mass is 245 g/mol. The zero-order valence-electron chi connectivity index (χ0n) is 9.92. The summed E-state index contributed by atoms with van der Waals surface area (Å²) in [5, 5.41) is 10.5. The summed E-state index contributed by atoms with van der Waals surface area (Å²) in [6.45, 7) is 3.76. The molecule has 2 rings (SSSR count). The maximum Gasteiger partial charge on any atom is 0.101 e. The van der Waals surface area contributed by atoms with Crippen LogP contribution in [0.5, 0.6) is 0 Å². The van der Waals surface area contributed by atoms with Gasteiger partial charge in [-0.25, -0.2) is 4.98 Å². The molecule has 0 spiro atoms. The van der Waals surface area contributed by atoms with Gasteiger partial charge in [-0.1, -0.05) is 30.0 Å². The van der Waals surface area contributed by atoms with Crippen molar-refractivity contribution in [2.75, 3.05) is 0 Å². The van der Waals surface area contributed by atoms with Gasteiger partial charge in [-0.05, 0) is 37.6 Å². The van der Waals surface area contributed by atoms with E-state index in [0.29, 0.717) is 0 Å². The highest BCUT2D eigenvalue weighted by Crippen LogP contribution is 2.27. The highest BCUT2D eigenvalue weighted by atomic mass is 32.2. The summed E-state index contributed by atoms with van der Waals surface area (Å²) in [5.41, 5.74) is 1.97. The number of aliphatic hydroxyl groups excluding tert-OH is 1. The van der Waals surface area contributed by atoms with Crippen molar-refractivity contribution in [1.82, 2.24) is 4.98 Å². The summed E-state index contributed by atoms with van der Waals surface area (Å²) in [4.78, 5) is 5.53. The van der Waals surface area contributed by atoms with Gasteiger partial charge in [0.15, 0.2) is 0 Å². The number of aliphatic hydroxyl groups is 1. The van der Waals surface area contributed by atoms with Crippen molar-refractivity contribution in [3.05, 3.63) is 53.7 Å². The molecule has 0 unspecified atom stereocenters. The van der Waals surface area contributed by atoms with Gasteiger partial charge in [0.2, 0.25) is 0 Å². The molecule has 17 heavy (non-hydrogen) atoms. The van der Waals surface area contributed by atoms with Crippen LogP contribution in [0.25, 0.3) is 0 Å². The van der Waals surface area contributed by atoms with E-state index in [1.54, 1.807) is 24.9 Å². The topological polar surface area (TPSA) is 33.1 Å². The van der Waals surface area contributed by atoms with Crippen molar-refractivity contribution >= 4 is 11.8 Å². The van der Waals surface area contributed by atoms with Crippen LogP contribution >= 0.6 is 11.8 Å². The van der Waals surface area contributed by atoms with Crippen molar-refractivity contribution in [3.63, 3.8) is 0 Å². The third-order valence-corrected chi connectivity index (χ3v) is 3.48. The van der Waals surface area contributed by atoms with Gasteiger partial charge in [0.1, 0.15) is 5.03 Å². The van der Waals surface area contributed by atoms with Crippen LogP contribution in [0.1, 0.15) is 24.2 Å². The fourth-order valence-electron chi connectivity index (χ4n) is 1.64. The van der Waals surface area contributed by atoms with E-state index in [-0.39, 0.29) is 0 Å². The number of pyridine rings is 1. The quantitative estimate of drug-likeness (QED) is 0.897. The van der Waals surface area contributed by atoms with Gasteiger partial charge >= 0.3 is 0 Å². The molecule has 0 aliphatic rings. The molecule has 1 aromatic heterocycles. The Kier molecular flexibility index (Phi) is 3.82. The first-order valence-electron chi connectivity index (χ1n) is 5.54. The lowest BCUT2D eigenvalue weighted by Gasteiger charge is -2.09. The predicted octanol–water partition coefficient (Wildman–Crippen LogP) is 3.59. The van der Waals surface area contributed by atoms with Crippen molar-refractivity contribution in [2.45, 2.75) is 29.9 Å². The lowest BCUT2D eigenvalue weighted by atomic mass is 10.1. The molecule has 2 aromatic rings. The number of aromatic nitrogens is 1. The van der Waals surface area contributed by atoms with E-state index in [4.69, 9.17) is 0 Å². The average molecular weight is 245 g/mol. The molecule has 1 atom stereocenters. The van der Waals surface area contributed by atoms with E-state index in [1.807, 2.05) is 31.2 Å². The van der Waals surface area contributed by atoms with Crippen molar-refractivity contribution in [1.29, 1.82) is 0 Å². The first-order valence-corrected chi connectivity index (χ1v) is 6.36. The van der Waals surface area contributed by atoms with Crippen LogP contribution in [0, 0.1) is 6.92 Å². The Balaban J connectivity index is 2.21. The second kappa shape index (κ2) is 5.34. The van der Waals surface area contributed by atoms with Gasteiger partial charge in [0.05, 0.1) is 6.10 Å². The molecule has 0 amide bonds. The van der Waals surface area contributed by atoms with Gasteiger partial charge in [-0.15, -0.1) is 0 Å². The molecular weight excluding hydrogens is 230 g/mol. The normalized spacial score (nSPS) is 12.4. The van der Waals surface area contributed by atoms with E-state index in [2.05, 4.69) is 17.1 Å². The van der Waals surface area contributed by atoms with Gasteiger partial charge in [0.25, 0.3) is 0 Å². The van der Waals surface area contributed by atoms with Gasteiger partial charge in [0, 0.05) is 16.7 Å². The molecular formula is C14H15NOS. The Hall–Kier alpha value is -1.32. The molecule has 0 bridgehead atoms. The molecule has 0 aliphatic carbocycles. The standard InChI is InChI=1S/C14H15NOS/c1-10-8-14(15-9-13(10)11(2)16)17-12-6-4-3-5-7-12/h3-9,11,16H,1-2H3/t11-/m1/s1. The highest BCUT2D eigenvalue weighted by Gasteiger charge is 2.07. The van der Waals surface area contributed by atoms with Gasteiger partial charge in [-0.2, -0.15) is 0 Å². The van der Waals surface area contributed by atoms with E-state index in [9.17, 15) is 5.11 Å². The molecule has 0 aliphatic heterocycles. The van der Waals surface area contributed by atoms with Crippen LogP contribution < -0.4 is 0 Å². The summed E-state index contributed by atoms with van der Waals surface area (Å²) in [7, 11) is 0. The first kappa shape index (κ1) is 12.1. The SMILES string of the molecule is Cc1cc(Sc2ccccc2)ncc1[C@@H](C)O. The largest absolute Gasteiger partial charge is 0.389 e. The number of hydrogen-bond acceptors (Lipinski definition) is 3. The van der Waals surface area contributed by atoms with Gasteiger partial charge in [-0.3, -0.25) is 0 Å². The molecule has 3 heteroatoms. The minimum Gasteiger partial charge on any atom is -0.389 e. The van der Waals surface area contributed by atoms with Crippen LogP contribution in [0.3, 0.4) is 0 Å². The van der Waals surface area contributed by atoms with E-state index in [1.165, 1.54) is 4.90 Å². The van der Waals surface area contributed by atoms with Crippen molar-refractivity contribution in [2.24, 2.45) is 0 Å². The summed E-state index contributed by atoms with van der Waals surface area (Å²) in [6.07, 6.45) is 1.30. The van der Waals surface area contributed by atoms with Gasteiger partial charge < -0.3 is 5.11 Å². The zero-order chi connectivity index (χ0) is 12.3. The Bertz CT molecular complexity index is 497. The zero-order valence-corrected chi connectivity index (χ0v) is 10.7. The molecule has 0 radical (unpaired) electrons. The van der Waals surface area contributed by atoms with Crippen LogP contribution in [-0.4, -0.2) is 10.1 Å². The Morgan fingerprint density at radius 3 is 2.53 bits per heavy atom. The molecule has 0 fully saturated rings. The van der Waals surface area contributed by atoms with Crippen LogP contribution in [0.15, 0.2) is 52.5 Å². The number of hydrogen-bond donors (Lipinski definition) is 1. The molecule has 1 aromatic carbocycles. The lowest BCUT2D eigenvalue weighted by Crippen LogP contribution is -1.96. The third-order valence-electron chi connectivity index (χ3n) is 2.54. The maximum atomic E-state index is 9.54. The molecule has 0 saturated carbocycles. The minimum atomic E-state index is -0.460. The van der Waals surface area contributed by atoms with E-state index in [0.717, 1.165) is 16.2 Å². The molecule has 2 nitrogen and oxygen atoms in total. The fourth-order valence-corrected chi connectivity index (χ4v) is 2.52. The average Bonchev–Trinajstić information content (AvgIpc) is 2.30. The number of nitrogens with zero attached hydrogens (tertiary/aromatic N) is 1. The smallest absolute Gasteiger partial charge is 0.101 e. The van der Waals surface area contributed by atoms with Crippen LogP contribution in [0.2, 0.25) is 0 Å². The molecule has 1 N–H and O–H groups in total. The lowest BCUT2D eigenvalue weighted by molar-refractivity contribution is 0.198. The first-order chi connectivity index (χ1) is 8.16. The summed E-state index contributed by atoms with van der Waals surface area (Å²) in [5.74, 6) is 0. The Labute approximate surface area is 106 Å². The minimum absolute atomic E-state index is 0.460. The molecule has 1 heterocycles. The number of benzene rings is 1. The molecule has 0 saturated heterocycles. The predicted molar refractivity (Wildman–Crippen MR) is 70.2 cm³/mol. The second-order valence-electron chi connectivity index (χ2n) is 3.97. The van der Waals surface area contributed by atoms with Crippen molar-refractivity contribution in [3.8, 4) is 0 Å². The second-order valence-corrected chi connectivity index (χ2v) is 5.06. The summed E-state index contributed by atoms with van der Waals surface area (Å²) >= 11 is 1.63. The maximum absolute atomic E-state index is 9.54.